The van der Waals surface area contributed by atoms with Gasteiger partial charge >= 0.3 is 6.03 Å². The van der Waals surface area contributed by atoms with Gasteiger partial charge in [0, 0.05) is 19.3 Å². The molecule has 31 heavy (non-hydrogen) atoms. The first-order valence-corrected chi connectivity index (χ1v) is 9.89. The van der Waals surface area contributed by atoms with E-state index in [0.717, 1.165) is 5.56 Å². The average Bonchev–Trinajstić information content (AvgIpc) is 3.04. The van der Waals surface area contributed by atoms with Gasteiger partial charge in [0.1, 0.15) is 0 Å². The van der Waals surface area contributed by atoms with Gasteiger partial charge in [-0.1, -0.05) is 72.8 Å². The Kier molecular flexibility index (Phi) is 5.41. The van der Waals surface area contributed by atoms with Crippen molar-refractivity contribution in [3.63, 3.8) is 0 Å². The second kappa shape index (κ2) is 8.31. The van der Waals surface area contributed by atoms with Crippen molar-refractivity contribution >= 4 is 23.6 Å². The Morgan fingerprint density at radius 3 is 2.26 bits per heavy atom. The summed E-state index contributed by atoms with van der Waals surface area (Å²) in [6.07, 6.45) is 0. The monoisotopic (exact) mass is 413 g/mol. The van der Waals surface area contributed by atoms with Gasteiger partial charge in [-0.2, -0.15) is 0 Å². The normalized spacial score (nSPS) is 17.9. The minimum Gasteiger partial charge on any atom is -0.369 e. The van der Waals surface area contributed by atoms with Crippen LogP contribution >= 0.6 is 0 Å². The Balaban J connectivity index is 1.61. The number of hydrogen-bond donors (Lipinski definition) is 3. The zero-order valence-corrected chi connectivity index (χ0v) is 17.1. The molecule has 0 aliphatic carbocycles. The number of nitrogens with two attached hydrogens (primary N) is 1. The number of rotatable bonds is 5. The van der Waals surface area contributed by atoms with Crippen molar-refractivity contribution in [1.29, 1.82) is 0 Å². The molecule has 1 atom stereocenters. The number of hydrogen-bond acceptors (Lipinski definition) is 4. The quantitative estimate of drug-likeness (QED) is 0.599. The molecule has 0 radical (unpaired) electrons. The molecule has 1 aliphatic rings. The van der Waals surface area contributed by atoms with Gasteiger partial charge in [-0.05, 0) is 28.8 Å². The first-order chi connectivity index (χ1) is 15.0. The number of guanidine groups is 1. The van der Waals surface area contributed by atoms with Crippen LogP contribution in [0.4, 0.5) is 10.5 Å². The van der Waals surface area contributed by atoms with Crippen LogP contribution in [0.3, 0.4) is 0 Å². The van der Waals surface area contributed by atoms with Crippen molar-refractivity contribution in [1.82, 2.24) is 10.2 Å². The minimum atomic E-state index is -1.29. The number of amides is 3. The molecule has 0 spiro atoms. The van der Waals surface area contributed by atoms with Gasteiger partial charge in [0.05, 0.1) is 0 Å². The molecule has 0 saturated carbocycles. The molecule has 3 aromatic carbocycles. The molecule has 7 nitrogen and oxygen atoms in total. The number of benzene rings is 3. The van der Waals surface area contributed by atoms with Crippen LogP contribution in [-0.4, -0.2) is 29.8 Å². The number of likely N-dealkylation sites (N-methyl/N-ethyl adjacent to an activating group) is 1. The summed E-state index contributed by atoms with van der Waals surface area (Å²) < 4.78 is 0. The highest BCUT2D eigenvalue weighted by Gasteiger charge is 2.49. The molecule has 4 rings (SSSR count). The summed E-state index contributed by atoms with van der Waals surface area (Å²) in [7, 11) is 1.60. The van der Waals surface area contributed by atoms with Crippen LogP contribution < -0.4 is 16.4 Å². The fourth-order valence-corrected chi connectivity index (χ4v) is 3.64. The second-order valence-corrected chi connectivity index (χ2v) is 7.28. The van der Waals surface area contributed by atoms with Gasteiger partial charge < -0.3 is 16.4 Å². The van der Waals surface area contributed by atoms with Crippen LogP contribution in [-0.2, 0) is 16.9 Å². The highest BCUT2D eigenvalue weighted by atomic mass is 16.2. The zero-order valence-electron chi connectivity index (χ0n) is 17.1. The van der Waals surface area contributed by atoms with Gasteiger partial charge in [-0.25, -0.2) is 9.79 Å². The Morgan fingerprint density at radius 2 is 1.61 bits per heavy atom. The lowest BCUT2D eigenvalue weighted by Gasteiger charge is -2.26. The molecule has 1 heterocycles. The third-order valence-corrected chi connectivity index (χ3v) is 5.27. The van der Waals surface area contributed by atoms with E-state index in [1.54, 1.807) is 25.2 Å². The Labute approximate surface area is 180 Å². The van der Waals surface area contributed by atoms with Crippen LogP contribution in [0, 0.1) is 0 Å². The van der Waals surface area contributed by atoms with E-state index in [2.05, 4.69) is 15.6 Å². The van der Waals surface area contributed by atoms with E-state index >= 15 is 0 Å². The summed E-state index contributed by atoms with van der Waals surface area (Å²) in [4.78, 5) is 31.6. The number of nitrogens with one attached hydrogen (secondary N) is 2. The lowest BCUT2D eigenvalue weighted by Crippen LogP contribution is -2.41. The van der Waals surface area contributed by atoms with E-state index in [1.807, 2.05) is 66.7 Å². The number of carbonyl (C=O) groups excluding carboxylic acids is 2. The fourth-order valence-electron chi connectivity index (χ4n) is 3.64. The molecule has 3 aromatic rings. The van der Waals surface area contributed by atoms with Crippen molar-refractivity contribution < 1.29 is 9.59 Å². The van der Waals surface area contributed by atoms with Crippen LogP contribution in [0.5, 0.6) is 0 Å². The topological polar surface area (TPSA) is 99.8 Å². The molecule has 0 saturated heterocycles. The second-order valence-electron chi connectivity index (χ2n) is 7.28. The van der Waals surface area contributed by atoms with Gasteiger partial charge in [0.2, 0.25) is 0 Å². The number of anilines is 1. The lowest BCUT2D eigenvalue weighted by atomic mass is 9.82. The summed E-state index contributed by atoms with van der Waals surface area (Å²) in [6.45, 7) is 0.407. The van der Waals surface area contributed by atoms with Gasteiger partial charge in [0.15, 0.2) is 11.5 Å². The summed E-state index contributed by atoms with van der Waals surface area (Å²) in [5.74, 6) is -0.102. The smallest absolute Gasteiger partial charge is 0.319 e. The molecule has 7 heteroatoms. The summed E-state index contributed by atoms with van der Waals surface area (Å²) >= 11 is 0. The Hall–Kier alpha value is -4.13. The highest BCUT2D eigenvalue weighted by Crippen LogP contribution is 2.39. The van der Waals surface area contributed by atoms with Gasteiger partial charge in [0.25, 0.3) is 5.91 Å². The van der Waals surface area contributed by atoms with Crippen molar-refractivity contribution in [3.8, 4) is 0 Å². The van der Waals surface area contributed by atoms with Crippen LogP contribution in [0.2, 0.25) is 0 Å². The maximum absolute atomic E-state index is 13.3. The standard InChI is InChI=1S/C24H23N5O2/c1-29-21(30)24(28-22(29)25,18-11-6-3-7-12-18)19-13-8-14-20(15-19)27-23(31)26-16-17-9-4-2-5-10-17/h2-15H,16H2,1H3,(H2,25,28)(H2,26,27,31). The van der Waals surface area contributed by atoms with Gasteiger partial charge in [-0.15, -0.1) is 0 Å². The number of carbonyl (C=O) groups is 2. The largest absolute Gasteiger partial charge is 0.369 e. The predicted octanol–water partition coefficient (Wildman–Crippen LogP) is 3.04. The van der Waals surface area contributed by atoms with E-state index in [1.165, 1.54) is 4.90 Å². The van der Waals surface area contributed by atoms with E-state index < -0.39 is 5.54 Å². The highest BCUT2D eigenvalue weighted by molar-refractivity contribution is 6.09. The summed E-state index contributed by atoms with van der Waals surface area (Å²) in [5, 5.41) is 5.66. The Bertz CT molecular complexity index is 1130. The number of urea groups is 1. The minimum absolute atomic E-state index is 0.146. The molecule has 3 amide bonds. The molecular weight excluding hydrogens is 390 g/mol. The molecular formula is C24H23N5O2. The van der Waals surface area contributed by atoms with Crippen LogP contribution in [0.25, 0.3) is 0 Å². The molecule has 4 N–H and O–H groups in total. The first kappa shape index (κ1) is 20.2. The molecule has 1 unspecified atom stereocenters. The molecule has 0 bridgehead atoms. The Morgan fingerprint density at radius 1 is 0.968 bits per heavy atom. The van der Waals surface area contributed by atoms with Crippen molar-refractivity contribution in [2.24, 2.45) is 10.7 Å². The van der Waals surface area contributed by atoms with E-state index in [4.69, 9.17) is 5.73 Å². The van der Waals surface area contributed by atoms with Gasteiger partial charge in [-0.3, -0.25) is 9.69 Å². The van der Waals surface area contributed by atoms with Crippen molar-refractivity contribution in [2.75, 3.05) is 12.4 Å². The fraction of sp³-hybridized carbons (Fsp3) is 0.125. The van der Waals surface area contributed by atoms with Crippen LogP contribution in [0.15, 0.2) is 89.9 Å². The summed E-state index contributed by atoms with van der Waals surface area (Å²) in [5.41, 5.74) is 7.59. The molecule has 1 aliphatic heterocycles. The van der Waals surface area contributed by atoms with E-state index in [0.29, 0.717) is 23.4 Å². The average molecular weight is 413 g/mol. The van der Waals surface area contributed by atoms with E-state index in [-0.39, 0.29) is 17.9 Å². The number of nitrogens with zero attached hydrogens (tertiary/aromatic N) is 2. The lowest BCUT2D eigenvalue weighted by molar-refractivity contribution is -0.129. The SMILES string of the molecule is CN1C(=O)C(c2ccccc2)(c2cccc(NC(=O)NCc3ccccc3)c2)N=C1N. The summed E-state index contributed by atoms with van der Waals surface area (Å²) in [6, 6.07) is 25.7. The third kappa shape index (κ3) is 3.85. The third-order valence-electron chi connectivity index (χ3n) is 5.27. The zero-order chi connectivity index (χ0) is 21.8. The molecule has 156 valence electrons. The maximum Gasteiger partial charge on any atom is 0.319 e. The molecule has 0 aromatic heterocycles. The van der Waals surface area contributed by atoms with Crippen LogP contribution in [0.1, 0.15) is 16.7 Å². The van der Waals surface area contributed by atoms with Crippen molar-refractivity contribution in [3.05, 3.63) is 102 Å². The molecule has 0 fully saturated rings. The predicted molar refractivity (Wildman–Crippen MR) is 120 cm³/mol. The maximum atomic E-state index is 13.3. The first-order valence-electron chi connectivity index (χ1n) is 9.89. The van der Waals surface area contributed by atoms with Crippen molar-refractivity contribution in [2.45, 2.75) is 12.1 Å². The number of aliphatic imine (C=N–C) groups is 1. The van der Waals surface area contributed by atoms with E-state index in [9.17, 15) is 9.59 Å².